The second kappa shape index (κ2) is 6.55. The van der Waals surface area contributed by atoms with Crippen LogP contribution in [0.2, 0.25) is 0 Å². The number of aryl methyl sites for hydroxylation is 1. The summed E-state index contributed by atoms with van der Waals surface area (Å²) in [5.74, 6) is 1.23. The van der Waals surface area contributed by atoms with E-state index in [1.54, 1.807) is 0 Å². The summed E-state index contributed by atoms with van der Waals surface area (Å²) in [5.41, 5.74) is 1.52. The topological polar surface area (TPSA) is 23.6 Å². The van der Waals surface area contributed by atoms with E-state index in [0.29, 0.717) is 11.8 Å². The molecule has 2 aliphatic heterocycles. The maximum Gasteiger partial charge on any atom is 0.246 e. The van der Waals surface area contributed by atoms with E-state index in [-0.39, 0.29) is 5.91 Å². The number of nitrogens with zero attached hydrogens (tertiary/aromatic N) is 2. The number of hydrogen-bond acceptors (Lipinski definition) is 3. The summed E-state index contributed by atoms with van der Waals surface area (Å²) in [6, 6.07) is 2.41. The van der Waals surface area contributed by atoms with Gasteiger partial charge in [0.15, 0.2) is 0 Å². The van der Waals surface area contributed by atoms with E-state index in [4.69, 9.17) is 0 Å². The molecule has 0 saturated carbocycles. The van der Waals surface area contributed by atoms with Gasteiger partial charge in [0, 0.05) is 28.8 Å². The molecule has 22 heavy (non-hydrogen) atoms. The molecule has 0 spiro atoms. The number of likely N-dealkylation sites (tertiary alicyclic amines) is 1. The minimum absolute atomic E-state index is 0.0752. The fourth-order valence-electron chi connectivity index (χ4n) is 3.92. The van der Waals surface area contributed by atoms with Crippen molar-refractivity contribution in [1.82, 2.24) is 9.80 Å². The molecule has 0 bridgehead atoms. The van der Waals surface area contributed by atoms with Gasteiger partial charge < -0.3 is 9.80 Å². The molecule has 1 aromatic heterocycles. The number of hydrogen-bond donors (Lipinski definition) is 0. The van der Waals surface area contributed by atoms with Gasteiger partial charge in [-0.25, -0.2) is 0 Å². The van der Waals surface area contributed by atoms with Gasteiger partial charge in [-0.15, -0.1) is 11.3 Å². The summed E-state index contributed by atoms with van der Waals surface area (Å²) in [7, 11) is 2.22. The average molecular weight is 318 g/mol. The quantitative estimate of drug-likeness (QED) is 0.799. The van der Waals surface area contributed by atoms with Crippen LogP contribution in [-0.2, 0) is 17.8 Å². The monoisotopic (exact) mass is 318 g/mol. The standard InChI is InChI=1S/C18H26N2OS/c1-4-14-9-15-16(13-7-6-8-19(3)10-13)11-20(18(21)5-2)12-17(15)22-14/h5,9,13,16H,2,4,6-8,10-12H2,1,3H3/t13-,16-/m0/s1. The molecule has 0 N–H and O–H groups in total. The van der Waals surface area contributed by atoms with Crippen molar-refractivity contribution in [3.63, 3.8) is 0 Å². The second-order valence-corrected chi connectivity index (χ2v) is 7.86. The lowest BCUT2D eigenvalue weighted by molar-refractivity contribution is -0.127. The second-order valence-electron chi connectivity index (χ2n) is 6.64. The SMILES string of the molecule is C=CC(=O)N1Cc2sc(CC)cc2[C@H]([C@H]2CCCN(C)C2)C1. The molecule has 3 rings (SSSR count). The van der Waals surface area contributed by atoms with E-state index >= 15 is 0 Å². The van der Waals surface area contributed by atoms with E-state index in [9.17, 15) is 4.79 Å². The summed E-state index contributed by atoms with van der Waals surface area (Å²) in [6.45, 7) is 9.86. The van der Waals surface area contributed by atoms with Crippen molar-refractivity contribution in [2.24, 2.45) is 5.92 Å². The summed E-state index contributed by atoms with van der Waals surface area (Å²) >= 11 is 1.89. The zero-order chi connectivity index (χ0) is 15.7. The number of carbonyl (C=O) groups is 1. The Morgan fingerprint density at radius 3 is 3.00 bits per heavy atom. The van der Waals surface area contributed by atoms with Crippen LogP contribution < -0.4 is 0 Å². The molecule has 0 aromatic carbocycles. The van der Waals surface area contributed by atoms with Crippen molar-refractivity contribution in [2.75, 3.05) is 26.7 Å². The molecular weight excluding hydrogens is 292 g/mol. The van der Waals surface area contributed by atoms with Gasteiger partial charge in [0.1, 0.15) is 0 Å². The van der Waals surface area contributed by atoms with E-state index in [0.717, 1.165) is 26.1 Å². The third kappa shape index (κ3) is 2.99. The third-order valence-corrected chi connectivity index (χ3v) is 6.39. The van der Waals surface area contributed by atoms with Crippen LogP contribution in [-0.4, -0.2) is 42.4 Å². The smallest absolute Gasteiger partial charge is 0.246 e. The average Bonchev–Trinajstić information content (AvgIpc) is 2.96. The van der Waals surface area contributed by atoms with Gasteiger partial charge in [-0.1, -0.05) is 13.5 Å². The molecule has 1 fully saturated rings. The molecule has 1 aromatic rings. The van der Waals surface area contributed by atoms with Crippen LogP contribution in [0.5, 0.6) is 0 Å². The number of amides is 1. The van der Waals surface area contributed by atoms with Crippen molar-refractivity contribution >= 4 is 17.2 Å². The lowest BCUT2D eigenvalue weighted by atomic mass is 9.79. The van der Waals surface area contributed by atoms with E-state index in [1.807, 2.05) is 16.2 Å². The number of fused-ring (bicyclic) bond motifs is 1. The van der Waals surface area contributed by atoms with Crippen molar-refractivity contribution in [1.29, 1.82) is 0 Å². The normalized spacial score (nSPS) is 25.8. The molecular formula is C18H26N2OS. The molecule has 3 heterocycles. The molecule has 120 valence electrons. The van der Waals surface area contributed by atoms with Crippen LogP contribution >= 0.6 is 11.3 Å². The van der Waals surface area contributed by atoms with Gasteiger partial charge in [0.2, 0.25) is 5.91 Å². The minimum atomic E-state index is 0.0752. The van der Waals surface area contributed by atoms with Crippen molar-refractivity contribution in [3.05, 3.63) is 34.0 Å². The first-order valence-electron chi connectivity index (χ1n) is 8.33. The van der Waals surface area contributed by atoms with Crippen LogP contribution in [0, 0.1) is 5.92 Å². The van der Waals surface area contributed by atoms with Crippen LogP contribution in [0.25, 0.3) is 0 Å². The van der Waals surface area contributed by atoms with Gasteiger partial charge in [0.25, 0.3) is 0 Å². The molecule has 1 saturated heterocycles. The van der Waals surface area contributed by atoms with E-state index < -0.39 is 0 Å². The van der Waals surface area contributed by atoms with Crippen molar-refractivity contribution < 1.29 is 4.79 Å². The summed E-state index contributed by atoms with van der Waals surface area (Å²) in [6.07, 6.45) is 5.10. The van der Waals surface area contributed by atoms with Gasteiger partial charge in [0.05, 0.1) is 6.54 Å². The molecule has 4 heteroatoms. The highest BCUT2D eigenvalue weighted by molar-refractivity contribution is 7.12. The third-order valence-electron chi connectivity index (χ3n) is 5.11. The van der Waals surface area contributed by atoms with Gasteiger partial charge in [-0.2, -0.15) is 0 Å². The zero-order valence-electron chi connectivity index (χ0n) is 13.7. The minimum Gasteiger partial charge on any atom is -0.333 e. The maximum absolute atomic E-state index is 12.1. The largest absolute Gasteiger partial charge is 0.333 e. The number of piperidine rings is 1. The summed E-state index contributed by atoms with van der Waals surface area (Å²) in [5, 5.41) is 0. The highest BCUT2D eigenvalue weighted by Crippen LogP contribution is 2.41. The molecule has 3 nitrogen and oxygen atoms in total. The van der Waals surface area contributed by atoms with Gasteiger partial charge in [-0.05, 0) is 56.5 Å². The molecule has 0 unspecified atom stereocenters. The van der Waals surface area contributed by atoms with E-state index in [2.05, 4.69) is 31.5 Å². The van der Waals surface area contributed by atoms with E-state index in [1.165, 1.54) is 40.8 Å². The maximum atomic E-state index is 12.1. The Bertz CT molecular complexity index is 565. The Labute approximate surface area is 137 Å². The molecule has 1 amide bonds. The number of carbonyl (C=O) groups excluding carboxylic acids is 1. The first-order valence-corrected chi connectivity index (χ1v) is 9.15. The number of thiophene rings is 1. The van der Waals surface area contributed by atoms with Crippen LogP contribution in [0.4, 0.5) is 0 Å². The molecule has 2 atom stereocenters. The predicted molar refractivity (Wildman–Crippen MR) is 92.3 cm³/mol. The van der Waals surface area contributed by atoms with Crippen LogP contribution in [0.15, 0.2) is 18.7 Å². The Balaban J connectivity index is 1.91. The predicted octanol–water partition coefficient (Wildman–Crippen LogP) is 3.26. The molecule has 0 aliphatic carbocycles. The molecule has 0 radical (unpaired) electrons. The van der Waals surface area contributed by atoms with Crippen molar-refractivity contribution in [3.8, 4) is 0 Å². The lowest BCUT2D eigenvalue weighted by Crippen LogP contribution is -2.43. The zero-order valence-corrected chi connectivity index (χ0v) is 14.5. The van der Waals surface area contributed by atoms with Gasteiger partial charge >= 0.3 is 0 Å². The fraction of sp³-hybridized carbons (Fsp3) is 0.611. The first kappa shape index (κ1) is 15.8. The first-order chi connectivity index (χ1) is 10.6. The number of rotatable bonds is 3. The van der Waals surface area contributed by atoms with Crippen LogP contribution in [0.3, 0.4) is 0 Å². The highest BCUT2D eigenvalue weighted by atomic mass is 32.1. The lowest BCUT2D eigenvalue weighted by Gasteiger charge is -2.40. The van der Waals surface area contributed by atoms with Gasteiger partial charge in [-0.3, -0.25) is 4.79 Å². The van der Waals surface area contributed by atoms with Crippen molar-refractivity contribution in [2.45, 2.75) is 38.6 Å². The summed E-state index contributed by atoms with van der Waals surface area (Å²) in [4.78, 5) is 19.4. The summed E-state index contributed by atoms with van der Waals surface area (Å²) < 4.78 is 0. The Morgan fingerprint density at radius 2 is 2.32 bits per heavy atom. The Morgan fingerprint density at radius 1 is 1.50 bits per heavy atom. The molecule has 2 aliphatic rings. The highest BCUT2D eigenvalue weighted by Gasteiger charge is 2.35. The Hall–Kier alpha value is -1.13. The Kier molecular flexibility index (Phi) is 4.69. The van der Waals surface area contributed by atoms with Crippen LogP contribution in [0.1, 0.15) is 41.0 Å². The fourth-order valence-corrected chi connectivity index (χ4v) is 5.12.